The Labute approximate surface area is 125 Å². The van der Waals surface area contributed by atoms with Crippen LogP contribution in [0.2, 0.25) is 0 Å². The van der Waals surface area contributed by atoms with Gasteiger partial charge in [0.1, 0.15) is 5.75 Å². The average molecular weight is 289 g/mol. The Morgan fingerprint density at radius 1 is 1.29 bits per heavy atom. The second-order valence-electron chi connectivity index (χ2n) is 4.84. The molecule has 21 heavy (non-hydrogen) atoms. The van der Waals surface area contributed by atoms with E-state index in [0.717, 1.165) is 30.7 Å². The van der Waals surface area contributed by atoms with Crippen LogP contribution in [-0.2, 0) is 6.42 Å². The third-order valence-corrected chi connectivity index (χ3v) is 3.28. The van der Waals surface area contributed by atoms with E-state index in [-0.39, 0.29) is 0 Å². The highest BCUT2D eigenvalue weighted by Crippen LogP contribution is 2.21. The number of hydrogen-bond donors (Lipinski definition) is 1. The summed E-state index contributed by atoms with van der Waals surface area (Å²) >= 11 is 0. The van der Waals surface area contributed by atoms with Crippen LogP contribution in [-0.4, -0.2) is 29.3 Å². The fourth-order valence-corrected chi connectivity index (χ4v) is 2.21. The molecule has 1 heterocycles. The molecule has 5 nitrogen and oxygen atoms in total. The maximum absolute atomic E-state index is 5.49. The molecule has 0 spiro atoms. The zero-order valence-corrected chi connectivity index (χ0v) is 12.9. The van der Waals surface area contributed by atoms with Gasteiger partial charge in [0.15, 0.2) is 0 Å². The van der Waals surface area contributed by atoms with Gasteiger partial charge in [0.05, 0.1) is 6.61 Å². The third kappa shape index (κ3) is 4.29. The van der Waals surface area contributed by atoms with Gasteiger partial charge in [-0.15, -0.1) is 0 Å². The lowest BCUT2D eigenvalue weighted by molar-refractivity contribution is 0.340. The summed E-state index contributed by atoms with van der Waals surface area (Å²) in [5, 5.41) is 7.47. The largest absolute Gasteiger partial charge is 0.494 e. The van der Waals surface area contributed by atoms with Crippen molar-refractivity contribution in [3.05, 3.63) is 30.2 Å². The number of aromatic nitrogens is 2. The molecule has 5 heteroatoms. The molecule has 1 atom stereocenters. The molecule has 1 aromatic carbocycles. The predicted octanol–water partition coefficient (Wildman–Crippen LogP) is 3.07. The monoisotopic (exact) mass is 289 g/mol. The summed E-state index contributed by atoms with van der Waals surface area (Å²) in [6.45, 7) is 7.79. The minimum absolute atomic E-state index is 0.373. The van der Waals surface area contributed by atoms with Crippen molar-refractivity contribution >= 4 is 0 Å². The highest BCUT2D eigenvalue weighted by Gasteiger charge is 2.13. The van der Waals surface area contributed by atoms with Crippen LogP contribution >= 0.6 is 0 Å². The van der Waals surface area contributed by atoms with Gasteiger partial charge in [-0.05, 0) is 32.0 Å². The third-order valence-electron chi connectivity index (χ3n) is 3.28. The van der Waals surface area contributed by atoms with E-state index >= 15 is 0 Å². The Morgan fingerprint density at radius 3 is 2.86 bits per heavy atom. The summed E-state index contributed by atoms with van der Waals surface area (Å²) in [6, 6.07) is 8.12. The zero-order chi connectivity index (χ0) is 15.1. The highest BCUT2D eigenvalue weighted by molar-refractivity contribution is 5.56. The number of nitrogens with one attached hydrogen (secondary N) is 1. The van der Waals surface area contributed by atoms with E-state index in [1.807, 2.05) is 31.2 Å². The lowest BCUT2D eigenvalue weighted by Gasteiger charge is -2.12. The fourth-order valence-electron chi connectivity index (χ4n) is 2.21. The first-order valence-corrected chi connectivity index (χ1v) is 7.56. The van der Waals surface area contributed by atoms with Crippen LogP contribution in [0.5, 0.6) is 5.75 Å². The van der Waals surface area contributed by atoms with E-state index < -0.39 is 0 Å². The van der Waals surface area contributed by atoms with Gasteiger partial charge >= 0.3 is 0 Å². The lowest BCUT2D eigenvalue weighted by atomic mass is 10.1. The van der Waals surface area contributed by atoms with Crippen molar-refractivity contribution in [2.45, 2.75) is 39.7 Å². The van der Waals surface area contributed by atoms with E-state index in [4.69, 9.17) is 9.26 Å². The van der Waals surface area contributed by atoms with Crippen molar-refractivity contribution in [3.63, 3.8) is 0 Å². The van der Waals surface area contributed by atoms with Crippen molar-refractivity contribution in [2.24, 2.45) is 0 Å². The summed E-state index contributed by atoms with van der Waals surface area (Å²) in [4.78, 5) is 4.48. The smallest absolute Gasteiger partial charge is 0.228 e. The molecule has 0 saturated carbocycles. The number of ether oxygens (including phenoxy) is 1. The number of benzene rings is 1. The molecular weight excluding hydrogens is 266 g/mol. The van der Waals surface area contributed by atoms with Crippen molar-refractivity contribution in [2.75, 3.05) is 13.2 Å². The average Bonchev–Trinajstić information content (AvgIpc) is 2.96. The minimum atomic E-state index is 0.373. The molecule has 0 amide bonds. The van der Waals surface area contributed by atoms with Gasteiger partial charge < -0.3 is 14.6 Å². The molecule has 0 radical (unpaired) electrons. The maximum atomic E-state index is 5.49. The van der Waals surface area contributed by atoms with E-state index in [1.165, 1.54) is 0 Å². The molecule has 114 valence electrons. The van der Waals surface area contributed by atoms with Crippen LogP contribution in [0.4, 0.5) is 0 Å². The molecule has 0 aliphatic rings. The first kappa shape index (κ1) is 15.5. The van der Waals surface area contributed by atoms with Crippen molar-refractivity contribution in [1.82, 2.24) is 15.5 Å². The van der Waals surface area contributed by atoms with Gasteiger partial charge in [-0.1, -0.05) is 31.1 Å². The summed E-state index contributed by atoms with van der Waals surface area (Å²) in [7, 11) is 0. The molecule has 1 unspecified atom stereocenters. The minimum Gasteiger partial charge on any atom is -0.494 e. The van der Waals surface area contributed by atoms with Crippen LogP contribution in [0.1, 0.15) is 33.1 Å². The number of likely N-dealkylation sites (N-methyl/N-ethyl adjacent to an activating group) is 1. The topological polar surface area (TPSA) is 60.2 Å². The van der Waals surface area contributed by atoms with E-state index in [2.05, 4.69) is 29.3 Å². The number of rotatable bonds is 8. The maximum Gasteiger partial charge on any atom is 0.228 e. The molecule has 0 bridgehead atoms. The standard InChI is InChI=1S/C16H23N3O2/c1-4-13(17-5-2)11-15-18-16(19-21-15)12-8-7-9-14(10-12)20-6-3/h7-10,13,17H,4-6,11H2,1-3H3. The van der Waals surface area contributed by atoms with E-state index in [1.54, 1.807) is 0 Å². The predicted molar refractivity (Wildman–Crippen MR) is 82.4 cm³/mol. The molecule has 2 rings (SSSR count). The molecule has 1 N–H and O–H groups in total. The second-order valence-corrected chi connectivity index (χ2v) is 4.84. The summed E-state index contributed by atoms with van der Waals surface area (Å²) in [6.07, 6.45) is 1.79. The number of nitrogens with zero attached hydrogens (tertiary/aromatic N) is 2. The summed E-state index contributed by atoms with van der Waals surface area (Å²) < 4.78 is 10.8. The van der Waals surface area contributed by atoms with Crippen LogP contribution in [0, 0.1) is 0 Å². The highest BCUT2D eigenvalue weighted by atomic mass is 16.5. The van der Waals surface area contributed by atoms with Crippen LogP contribution in [0.3, 0.4) is 0 Å². The second kappa shape index (κ2) is 7.78. The van der Waals surface area contributed by atoms with Crippen molar-refractivity contribution in [3.8, 4) is 17.1 Å². The Kier molecular flexibility index (Phi) is 5.75. The molecule has 0 aliphatic heterocycles. The van der Waals surface area contributed by atoms with Gasteiger partial charge in [-0.25, -0.2) is 0 Å². The van der Waals surface area contributed by atoms with Gasteiger partial charge in [-0.3, -0.25) is 0 Å². The Bertz CT molecular complexity index is 554. The molecule has 0 aliphatic carbocycles. The first-order valence-electron chi connectivity index (χ1n) is 7.56. The molecule has 1 aromatic heterocycles. The molecular formula is C16H23N3O2. The van der Waals surface area contributed by atoms with Crippen molar-refractivity contribution < 1.29 is 9.26 Å². The quantitative estimate of drug-likeness (QED) is 0.809. The molecule has 0 saturated heterocycles. The lowest BCUT2D eigenvalue weighted by Crippen LogP contribution is -2.30. The normalized spacial score (nSPS) is 12.3. The molecule has 0 fully saturated rings. The van der Waals surface area contributed by atoms with Crippen LogP contribution in [0.25, 0.3) is 11.4 Å². The van der Waals surface area contributed by atoms with Gasteiger partial charge in [0, 0.05) is 18.0 Å². The van der Waals surface area contributed by atoms with Crippen LogP contribution < -0.4 is 10.1 Å². The van der Waals surface area contributed by atoms with Gasteiger partial charge in [-0.2, -0.15) is 4.98 Å². The Hall–Kier alpha value is -1.88. The Morgan fingerprint density at radius 2 is 2.14 bits per heavy atom. The van der Waals surface area contributed by atoms with Gasteiger partial charge in [0.2, 0.25) is 11.7 Å². The van der Waals surface area contributed by atoms with Crippen LogP contribution in [0.15, 0.2) is 28.8 Å². The van der Waals surface area contributed by atoms with Crippen molar-refractivity contribution in [1.29, 1.82) is 0 Å². The summed E-state index contributed by atoms with van der Waals surface area (Å²) in [5.41, 5.74) is 0.910. The van der Waals surface area contributed by atoms with E-state index in [9.17, 15) is 0 Å². The number of hydrogen-bond acceptors (Lipinski definition) is 5. The van der Waals surface area contributed by atoms with E-state index in [0.29, 0.717) is 24.4 Å². The zero-order valence-electron chi connectivity index (χ0n) is 12.9. The molecule has 2 aromatic rings. The SMILES string of the molecule is CCNC(CC)Cc1nc(-c2cccc(OCC)c2)no1. The summed E-state index contributed by atoms with van der Waals surface area (Å²) in [5.74, 6) is 2.10. The first-order chi connectivity index (χ1) is 10.3. The van der Waals surface area contributed by atoms with Gasteiger partial charge in [0.25, 0.3) is 0 Å². The fraction of sp³-hybridized carbons (Fsp3) is 0.500. The Balaban J connectivity index is 2.10.